The van der Waals surface area contributed by atoms with Gasteiger partial charge in [-0.1, -0.05) is 6.07 Å². The molecule has 274 valence electrons. The van der Waals surface area contributed by atoms with E-state index in [2.05, 4.69) is 25.8 Å². The molecule has 0 saturated carbocycles. The average Bonchev–Trinajstić information content (AvgIpc) is 3.01. The molecule has 0 heterocycles. The summed E-state index contributed by atoms with van der Waals surface area (Å²) >= 11 is 0. The Hall–Kier alpha value is -1.27. The van der Waals surface area contributed by atoms with E-state index in [0.717, 1.165) is 43.3 Å². The summed E-state index contributed by atoms with van der Waals surface area (Å²) < 4.78 is 134. The first-order valence-corrected chi connectivity index (χ1v) is 19.3. The monoisotopic (exact) mass is 875 g/mol. The Bertz CT molecular complexity index is 2830. The molecule has 0 aliphatic heterocycles. The zero-order valence-corrected chi connectivity index (χ0v) is 28.5. The molecule has 0 aliphatic rings. The van der Waals surface area contributed by atoms with Crippen molar-refractivity contribution in [3.8, 4) is 5.75 Å². The predicted octanol–water partition coefficient (Wildman–Crippen LogP) is 2.88. The van der Waals surface area contributed by atoms with E-state index in [1.807, 2.05) is 0 Å². The van der Waals surface area contributed by atoms with E-state index in [-0.39, 0.29) is 152 Å². The molecule has 5 aromatic carbocycles. The van der Waals surface area contributed by atoms with Crippen LogP contribution in [0.1, 0.15) is 6.92 Å². The van der Waals surface area contributed by atoms with Gasteiger partial charge < -0.3 is 10.4 Å². The summed E-state index contributed by atoms with van der Waals surface area (Å²) in [5.41, 5.74) is -1.27. The third-order valence-electron chi connectivity index (χ3n) is 6.95. The molecule has 0 unspecified atom stereocenters. The summed E-state index contributed by atoms with van der Waals surface area (Å²) in [7, 11) is -19.7. The molecule has 0 bridgehead atoms. The molecule has 1 amide bonds. The number of carbonyl (C=O) groups excluding carboxylic acids is 1. The minimum absolute atomic E-state index is 0. The van der Waals surface area contributed by atoms with Crippen molar-refractivity contribution < 1.29 is 61.8 Å². The molecule has 55 heavy (non-hydrogen) atoms. The average molecular weight is 876 g/mol. The van der Waals surface area contributed by atoms with Crippen molar-refractivity contribution in [1.82, 2.24) is 0 Å². The van der Waals surface area contributed by atoms with Gasteiger partial charge in [-0.25, -0.2) is 0 Å². The van der Waals surface area contributed by atoms with Crippen molar-refractivity contribution in [3.63, 3.8) is 0 Å². The Morgan fingerprint density at radius 3 is 1.56 bits per heavy atom. The molecule has 0 atom stereocenters. The molecular formula is C28H25N5Na4O14S4. The normalized spacial score (nSPS) is 12.1. The topological polar surface area (TPSA) is 316 Å². The van der Waals surface area contributed by atoms with Gasteiger partial charge >= 0.3 is 118 Å². The number of phenolic OH excluding ortho intramolecular Hbond substituents is 1. The first kappa shape index (κ1) is 51.7. The van der Waals surface area contributed by atoms with Crippen molar-refractivity contribution in [3.05, 3.63) is 72.8 Å². The van der Waals surface area contributed by atoms with Crippen LogP contribution >= 0.6 is 0 Å². The number of anilines is 1. The molecule has 0 saturated heterocycles. The van der Waals surface area contributed by atoms with E-state index in [1.165, 1.54) is 30.3 Å². The number of nitrogens with one attached hydrogen (secondary N) is 1. The quantitative estimate of drug-likeness (QED) is 0.0705. The summed E-state index contributed by atoms with van der Waals surface area (Å²) in [6.07, 6.45) is 0. The summed E-state index contributed by atoms with van der Waals surface area (Å²) in [5, 5.41) is 28.2. The Morgan fingerprint density at radius 1 is 0.545 bits per heavy atom. The molecule has 0 fully saturated rings. The van der Waals surface area contributed by atoms with E-state index in [9.17, 15) is 57.2 Å². The van der Waals surface area contributed by atoms with Crippen molar-refractivity contribution in [2.45, 2.75) is 26.5 Å². The molecule has 19 nitrogen and oxygen atoms in total. The van der Waals surface area contributed by atoms with E-state index in [4.69, 9.17) is 4.55 Å². The Balaban J connectivity index is 0.00000378. The maximum absolute atomic E-state index is 12.5. The molecular weight excluding hydrogens is 851 g/mol. The van der Waals surface area contributed by atoms with Crippen LogP contribution in [0.3, 0.4) is 0 Å². The van der Waals surface area contributed by atoms with Crippen LogP contribution in [0.15, 0.2) is 113 Å². The van der Waals surface area contributed by atoms with E-state index in [1.54, 1.807) is 0 Å². The fourth-order valence-corrected chi connectivity index (χ4v) is 7.09. The van der Waals surface area contributed by atoms with Crippen molar-refractivity contribution in [2.75, 3.05) is 5.32 Å². The third-order valence-corrected chi connectivity index (χ3v) is 10.4. The molecule has 5 rings (SSSR count). The number of hydrogen-bond donors (Lipinski definition) is 6. The van der Waals surface area contributed by atoms with Crippen molar-refractivity contribution in [1.29, 1.82) is 0 Å². The number of nitrogens with zero attached hydrogens (tertiary/aromatic N) is 4. The summed E-state index contributed by atoms with van der Waals surface area (Å²) in [5.74, 6) is -1.82. The molecule has 0 aromatic heterocycles. The van der Waals surface area contributed by atoms with Crippen molar-refractivity contribution >= 4 is 215 Å². The molecule has 0 radical (unpaired) electrons. The predicted molar refractivity (Wildman–Crippen MR) is 207 cm³/mol. The molecule has 5 aromatic rings. The first-order valence-electron chi connectivity index (χ1n) is 13.6. The second-order valence-electron chi connectivity index (χ2n) is 10.4. The zero-order valence-electron chi connectivity index (χ0n) is 25.3. The van der Waals surface area contributed by atoms with Gasteiger partial charge in [0.15, 0.2) is 5.75 Å². The van der Waals surface area contributed by atoms with Crippen LogP contribution in [0, 0.1) is 0 Å². The number of benzene rings is 5. The number of azo groups is 2. The number of aromatic hydroxyl groups is 1. The number of hydrogen-bond acceptors (Lipinski definition) is 14. The summed E-state index contributed by atoms with van der Waals surface area (Å²) in [6.45, 7) is 1.07. The number of phenols is 1. The van der Waals surface area contributed by atoms with Gasteiger partial charge in [-0.3, -0.25) is 23.0 Å². The van der Waals surface area contributed by atoms with Crippen LogP contribution < -0.4 is 5.32 Å². The molecule has 27 heteroatoms. The SMILES string of the molecule is CC(=O)Nc1ccc(S(=O)(=O)O)c2cc(S(=O)(=O)O)c(N=Nc3ccc(N=Nc4ccc(S(=O)(=O)O)cc4)c4ccc(S(=O)(=O)O)cc34)c(O)c12.[NaH].[NaH].[NaH].[NaH]. The van der Waals surface area contributed by atoms with Crippen LogP contribution in [-0.2, 0) is 45.3 Å². The number of amides is 1. The van der Waals surface area contributed by atoms with Crippen LogP contribution in [0.2, 0.25) is 0 Å². The van der Waals surface area contributed by atoms with Gasteiger partial charge in [-0.05, 0) is 66.7 Å². The standard InChI is InChI=1S/C28H21N5O14S4.4Na.4H/c1-14(34)29-23-10-11-24(50(42,43)44)20-13-25(51(45,46)47)27(28(35)26(20)23)33-32-22-9-8-21(18-7-6-17(12-19(18)22)49(39,40)41)31-30-15-2-4-16(5-3-15)48(36,37)38;;;;;;;;/h2-13,35H,1H3,(H,29,34)(H,36,37,38)(H,39,40,41)(H,42,43,44)(H,45,46,47);;;;;;;;. The van der Waals surface area contributed by atoms with Gasteiger partial charge in [0.2, 0.25) is 5.91 Å². The first-order chi connectivity index (χ1) is 23.6. The molecule has 0 spiro atoms. The second-order valence-corrected chi connectivity index (χ2v) is 16.0. The second kappa shape index (κ2) is 19.7. The number of carbonyl (C=O) groups is 1. The van der Waals surface area contributed by atoms with Gasteiger partial charge in [0.25, 0.3) is 40.5 Å². The zero-order chi connectivity index (χ0) is 37.7. The van der Waals surface area contributed by atoms with Gasteiger partial charge in [-0.15, -0.1) is 15.3 Å². The third kappa shape index (κ3) is 12.1. The van der Waals surface area contributed by atoms with Gasteiger partial charge in [0.05, 0.1) is 37.9 Å². The van der Waals surface area contributed by atoms with Gasteiger partial charge in [-0.2, -0.15) is 38.8 Å². The number of rotatable bonds is 9. The number of fused-ring (bicyclic) bond motifs is 2. The van der Waals surface area contributed by atoms with Crippen LogP contribution in [0.25, 0.3) is 21.5 Å². The Morgan fingerprint density at radius 2 is 1.05 bits per heavy atom. The summed E-state index contributed by atoms with van der Waals surface area (Å²) in [4.78, 5) is 8.74. The van der Waals surface area contributed by atoms with Crippen molar-refractivity contribution in [2.24, 2.45) is 20.5 Å². The molecule has 6 N–H and O–H groups in total. The maximum atomic E-state index is 12.5. The van der Waals surface area contributed by atoms with Crippen LogP contribution in [0.4, 0.5) is 28.4 Å². The van der Waals surface area contributed by atoms with E-state index in [0.29, 0.717) is 6.07 Å². The molecule has 0 aliphatic carbocycles. The minimum atomic E-state index is -5.33. The fraction of sp³-hybridized carbons (Fsp3) is 0.0357. The van der Waals surface area contributed by atoms with E-state index < -0.39 is 88.2 Å². The van der Waals surface area contributed by atoms with E-state index >= 15 is 0 Å². The Labute approximate surface area is 401 Å². The Kier molecular flexibility index (Phi) is 18.5. The summed E-state index contributed by atoms with van der Waals surface area (Å²) in [6, 6.07) is 12.6. The van der Waals surface area contributed by atoms with Crippen LogP contribution in [-0.4, -0.2) is 181 Å². The van der Waals surface area contributed by atoms with Crippen LogP contribution in [0.5, 0.6) is 5.75 Å². The van der Waals surface area contributed by atoms with Gasteiger partial charge in [0.1, 0.15) is 15.5 Å². The van der Waals surface area contributed by atoms with Gasteiger partial charge in [0, 0.05) is 23.1 Å². The fourth-order valence-electron chi connectivity index (χ4n) is 4.78.